The summed E-state index contributed by atoms with van der Waals surface area (Å²) in [6.07, 6.45) is 7.10. The summed E-state index contributed by atoms with van der Waals surface area (Å²) in [6.45, 7) is 0. The van der Waals surface area contributed by atoms with Gasteiger partial charge in [0, 0.05) is 0 Å². The van der Waals surface area contributed by atoms with Gasteiger partial charge in [-0.05, 0) is 24.7 Å². The maximum atomic E-state index is 3.69. The number of rotatable bonds is 0. The first-order chi connectivity index (χ1) is 4.16. The lowest BCUT2D eigenvalue weighted by molar-refractivity contribution is 0.534. The fraction of sp³-hybridized carbons (Fsp3) is 1.00. The Morgan fingerprint density at radius 2 is 1.44 bits per heavy atom. The molecule has 0 nitrogen and oxygen atoms in total. The highest BCUT2D eigenvalue weighted by molar-refractivity contribution is 9.25. The first-order valence-electron chi connectivity index (χ1n) is 3.54. The summed E-state index contributed by atoms with van der Waals surface area (Å²) < 4.78 is 0.351. The van der Waals surface area contributed by atoms with Crippen LogP contribution in [0.2, 0.25) is 0 Å². The summed E-state index contributed by atoms with van der Waals surface area (Å²) >= 11 is 7.37. The Morgan fingerprint density at radius 1 is 1.00 bits per heavy atom. The van der Waals surface area contributed by atoms with Crippen LogP contribution in [-0.2, 0) is 0 Å². The van der Waals surface area contributed by atoms with Gasteiger partial charge in [0.2, 0.25) is 0 Å². The van der Waals surface area contributed by atoms with Gasteiger partial charge in [-0.2, -0.15) is 0 Å². The summed E-state index contributed by atoms with van der Waals surface area (Å²) in [5, 5.41) is 0. The number of hydrogen-bond donors (Lipinski definition) is 0. The second kappa shape index (κ2) is 1.76. The van der Waals surface area contributed by atoms with Crippen molar-refractivity contribution >= 4 is 31.9 Å². The van der Waals surface area contributed by atoms with Crippen molar-refractivity contribution in [2.45, 2.75) is 35.3 Å². The quantitative estimate of drug-likeness (QED) is 0.581. The molecule has 1 spiro atoms. The van der Waals surface area contributed by atoms with Gasteiger partial charge in [0.15, 0.2) is 0 Å². The van der Waals surface area contributed by atoms with E-state index in [0.29, 0.717) is 8.65 Å². The Balaban J connectivity index is 2.13. The van der Waals surface area contributed by atoms with Gasteiger partial charge in [0.25, 0.3) is 0 Å². The Kier molecular flexibility index (Phi) is 1.30. The van der Waals surface area contributed by atoms with Gasteiger partial charge in [0.1, 0.15) is 0 Å². The normalized spacial score (nSPS) is 35.3. The van der Waals surface area contributed by atoms with Crippen molar-refractivity contribution < 1.29 is 0 Å². The fourth-order valence-electron chi connectivity index (χ4n) is 1.98. The summed E-state index contributed by atoms with van der Waals surface area (Å²) in [6, 6.07) is 0. The first kappa shape index (κ1) is 6.66. The van der Waals surface area contributed by atoms with Gasteiger partial charge in [-0.3, -0.25) is 0 Å². The van der Waals surface area contributed by atoms with Crippen LogP contribution >= 0.6 is 31.9 Å². The van der Waals surface area contributed by atoms with E-state index in [-0.39, 0.29) is 0 Å². The molecule has 0 unspecified atom stereocenters. The molecule has 0 aromatic carbocycles. The largest absolute Gasteiger partial charge is 0.0868 e. The number of hydrogen-bond acceptors (Lipinski definition) is 0. The van der Waals surface area contributed by atoms with Gasteiger partial charge in [-0.25, -0.2) is 0 Å². The van der Waals surface area contributed by atoms with Gasteiger partial charge < -0.3 is 0 Å². The Morgan fingerprint density at radius 3 is 1.67 bits per heavy atom. The smallest absolute Gasteiger partial charge is 0.0721 e. The third kappa shape index (κ3) is 0.823. The van der Waals surface area contributed by atoms with Crippen molar-refractivity contribution in [1.29, 1.82) is 0 Å². The van der Waals surface area contributed by atoms with Gasteiger partial charge in [-0.1, -0.05) is 44.7 Å². The van der Waals surface area contributed by atoms with Crippen molar-refractivity contribution in [2.24, 2.45) is 5.41 Å². The van der Waals surface area contributed by atoms with Crippen LogP contribution in [0.5, 0.6) is 0 Å². The standard InChI is InChI=1S/C7H10Br2/c8-7(9)5-6(7)3-1-2-4-6/h1-5H2. The highest BCUT2D eigenvalue weighted by Crippen LogP contribution is 2.73. The van der Waals surface area contributed by atoms with Gasteiger partial charge in [0.05, 0.1) is 3.23 Å². The Labute approximate surface area is 72.7 Å². The maximum Gasteiger partial charge on any atom is 0.0868 e. The second-order valence-electron chi connectivity index (χ2n) is 3.37. The van der Waals surface area contributed by atoms with E-state index in [9.17, 15) is 0 Å². The summed E-state index contributed by atoms with van der Waals surface area (Å²) in [5.74, 6) is 0. The topological polar surface area (TPSA) is 0 Å². The molecule has 0 aromatic rings. The van der Waals surface area contributed by atoms with Crippen molar-refractivity contribution in [3.8, 4) is 0 Å². The molecule has 0 amide bonds. The van der Waals surface area contributed by atoms with Crippen LogP contribution in [0.3, 0.4) is 0 Å². The van der Waals surface area contributed by atoms with E-state index < -0.39 is 0 Å². The molecule has 0 aromatic heterocycles. The zero-order valence-corrected chi connectivity index (χ0v) is 8.46. The van der Waals surface area contributed by atoms with Crippen LogP contribution in [0.25, 0.3) is 0 Å². The van der Waals surface area contributed by atoms with E-state index in [2.05, 4.69) is 31.9 Å². The van der Waals surface area contributed by atoms with E-state index >= 15 is 0 Å². The summed E-state index contributed by atoms with van der Waals surface area (Å²) in [5.41, 5.74) is 0.674. The minimum absolute atomic E-state index is 0.351. The van der Waals surface area contributed by atoms with E-state index in [4.69, 9.17) is 0 Å². The monoisotopic (exact) mass is 252 g/mol. The van der Waals surface area contributed by atoms with Crippen molar-refractivity contribution in [3.63, 3.8) is 0 Å². The molecule has 0 saturated heterocycles. The molecule has 2 aliphatic rings. The van der Waals surface area contributed by atoms with Crippen molar-refractivity contribution in [3.05, 3.63) is 0 Å². The minimum atomic E-state index is 0.351. The molecular formula is C7H10Br2. The lowest BCUT2D eigenvalue weighted by Gasteiger charge is -2.07. The van der Waals surface area contributed by atoms with Crippen LogP contribution < -0.4 is 0 Å². The average Bonchev–Trinajstić information content (AvgIpc) is 2.27. The Hall–Kier alpha value is 0.960. The molecule has 2 rings (SSSR count). The second-order valence-corrected chi connectivity index (χ2v) is 7.14. The SMILES string of the molecule is BrC1(Br)CC12CCCC2. The number of halogens is 2. The maximum absolute atomic E-state index is 3.69. The van der Waals surface area contributed by atoms with Crippen LogP contribution in [-0.4, -0.2) is 3.23 Å². The Bertz CT molecular complexity index is 128. The third-order valence-corrected chi connectivity index (χ3v) is 5.01. The van der Waals surface area contributed by atoms with Crippen LogP contribution in [0.15, 0.2) is 0 Å². The molecule has 2 saturated carbocycles. The first-order valence-corrected chi connectivity index (χ1v) is 5.13. The van der Waals surface area contributed by atoms with Crippen molar-refractivity contribution in [1.82, 2.24) is 0 Å². The molecule has 2 aliphatic carbocycles. The zero-order chi connectivity index (χ0) is 6.54. The predicted molar refractivity (Wildman–Crippen MR) is 46.1 cm³/mol. The lowest BCUT2D eigenvalue weighted by atomic mass is 10.1. The minimum Gasteiger partial charge on any atom is -0.0721 e. The molecule has 2 heteroatoms. The lowest BCUT2D eigenvalue weighted by Crippen LogP contribution is -2.01. The molecule has 52 valence electrons. The average molecular weight is 254 g/mol. The zero-order valence-electron chi connectivity index (χ0n) is 5.29. The van der Waals surface area contributed by atoms with Crippen LogP contribution in [0.4, 0.5) is 0 Å². The molecular weight excluding hydrogens is 244 g/mol. The van der Waals surface area contributed by atoms with E-state index in [1.807, 2.05) is 0 Å². The summed E-state index contributed by atoms with van der Waals surface area (Å²) in [7, 11) is 0. The molecule has 0 radical (unpaired) electrons. The number of alkyl halides is 2. The van der Waals surface area contributed by atoms with E-state index in [0.717, 1.165) is 0 Å². The van der Waals surface area contributed by atoms with Crippen molar-refractivity contribution in [2.75, 3.05) is 0 Å². The molecule has 0 bridgehead atoms. The van der Waals surface area contributed by atoms with E-state index in [1.165, 1.54) is 32.1 Å². The molecule has 0 N–H and O–H groups in total. The van der Waals surface area contributed by atoms with Gasteiger partial charge in [-0.15, -0.1) is 0 Å². The molecule has 0 aliphatic heterocycles. The molecule has 2 fully saturated rings. The predicted octanol–water partition coefficient (Wildman–Crippen LogP) is 3.44. The third-order valence-electron chi connectivity index (χ3n) is 2.77. The van der Waals surface area contributed by atoms with E-state index in [1.54, 1.807) is 0 Å². The fourth-order valence-corrected chi connectivity index (χ4v) is 3.84. The highest BCUT2D eigenvalue weighted by Gasteiger charge is 2.64. The molecule has 0 atom stereocenters. The van der Waals surface area contributed by atoms with Crippen LogP contribution in [0, 0.1) is 5.41 Å². The molecule has 0 heterocycles. The molecule has 9 heavy (non-hydrogen) atoms. The van der Waals surface area contributed by atoms with Gasteiger partial charge >= 0.3 is 0 Å². The van der Waals surface area contributed by atoms with Crippen LogP contribution in [0.1, 0.15) is 32.1 Å². The summed E-state index contributed by atoms with van der Waals surface area (Å²) in [4.78, 5) is 0. The highest BCUT2D eigenvalue weighted by atomic mass is 79.9.